The van der Waals surface area contributed by atoms with E-state index in [0.717, 1.165) is 22.9 Å². The van der Waals surface area contributed by atoms with Crippen molar-refractivity contribution in [3.8, 4) is 5.75 Å². The molecule has 1 aromatic heterocycles. The van der Waals surface area contributed by atoms with E-state index in [0.29, 0.717) is 12.2 Å². The van der Waals surface area contributed by atoms with Gasteiger partial charge in [0.05, 0.1) is 11.8 Å². The van der Waals surface area contributed by atoms with Crippen molar-refractivity contribution in [2.75, 3.05) is 0 Å². The smallest absolute Gasteiger partial charge is 0.308 e. The number of esters is 1. The minimum atomic E-state index is -0.358. The third kappa shape index (κ3) is 2.22. The average molecular weight is 244 g/mol. The lowest BCUT2D eigenvalue weighted by Crippen LogP contribution is -2.35. The molecule has 0 atom stereocenters. The average Bonchev–Trinajstić information content (AvgIpc) is 2.32. The van der Waals surface area contributed by atoms with Crippen LogP contribution in [0.1, 0.15) is 12.6 Å². The third-order valence-electron chi connectivity index (χ3n) is 2.80. The summed E-state index contributed by atoms with van der Waals surface area (Å²) in [6, 6.07) is 9.33. The fourth-order valence-electron chi connectivity index (χ4n) is 2.00. The standard InChI is InChI=1S/C14H14NO3/c1-10(17)18-13-5-3-4-11-6-7-12(8-9-16)15(2)14(11)13/h3-7,9H,8H2,1-2H3/q+1. The molecule has 0 amide bonds. The Kier molecular flexibility index (Phi) is 3.37. The van der Waals surface area contributed by atoms with Gasteiger partial charge in [0.25, 0.3) is 5.52 Å². The molecule has 4 nitrogen and oxygen atoms in total. The number of pyridine rings is 1. The maximum Gasteiger partial charge on any atom is 0.308 e. The number of carbonyl (C=O) groups excluding carboxylic acids is 2. The molecule has 0 bridgehead atoms. The van der Waals surface area contributed by atoms with E-state index in [1.54, 1.807) is 6.07 Å². The minimum Gasteiger partial charge on any atom is -0.420 e. The number of ether oxygens (including phenoxy) is 1. The third-order valence-corrected chi connectivity index (χ3v) is 2.80. The largest absolute Gasteiger partial charge is 0.420 e. The van der Waals surface area contributed by atoms with E-state index in [2.05, 4.69) is 0 Å². The van der Waals surface area contributed by atoms with Crippen LogP contribution in [0.25, 0.3) is 10.9 Å². The molecule has 0 radical (unpaired) electrons. The molecule has 0 saturated carbocycles. The molecule has 92 valence electrons. The lowest BCUT2D eigenvalue weighted by atomic mass is 10.1. The van der Waals surface area contributed by atoms with E-state index in [1.807, 2.05) is 35.9 Å². The number of aryl methyl sites for hydroxylation is 1. The van der Waals surface area contributed by atoms with Gasteiger partial charge in [0, 0.05) is 13.0 Å². The first-order chi connectivity index (χ1) is 8.63. The van der Waals surface area contributed by atoms with Gasteiger partial charge in [-0.3, -0.25) is 4.79 Å². The number of nitrogens with zero attached hydrogens (tertiary/aromatic N) is 1. The summed E-state index contributed by atoms with van der Waals surface area (Å²) in [4.78, 5) is 21.7. The minimum absolute atomic E-state index is 0.334. The molecule has 0 aliphatic heterocycles. The predicted octanol–water partition coefficient (Wildman–Crippen LogP) is 1.33. The molecule has 0 fully saturated rings. The van der Waals surface area contributed by atoms with Crippen LogP contribution >= 0.6 is 0 Å². The fraction of sp³-hybridized carbons (Fsp3) is 0.214. The normalized spacial score (nSPS) is 10.3. The fourth-order valence-corrected chi connectivity index (χ4v) is 2.00. The molecule has 0 N–H and O–H groups in total. The number of benzene rings is 1. The van der Waals surface area contributed by atoms with Crippen molar-refractivity contribution in [3.63, 3.8) is 0 Å². The van der Waals surface area contributed by atoms with Gasteiger partial charge in [-0.05, 0) is 18.2 Å². The number of hydrogen-bond acceptors (Lipinski definition) is 3. The first-order valence-electron chi connectivity index (χ1n) is 5.66. The zero-order valence-corrected chi connectivity index (χ0v) is 10.3. The Hall–Kier alpha value is -2.23. The van der Waals surface area contributed by atoms with Gasteiger partial charge in [-0.2, -0.15) is 4.57 Å². The SMILES string of the molecule is CC(=O)Oc1cccc2ccc(CC=O)[n+](C)c12. The molecule has 2 rings (SSSR count). The van der Waals surface area contributed by atoms with Crippen LogP contribution in [0.15, 0.2) is 30.3 Å². The van der Waals surface area contributed by atoms with Crippen LogP contribution in [0.2, 0.25) is 0 Å². The molecular formula is C14H14NO3+. The zero-order valence-electron chi connectivity index (χ0n) is 10.3. The van der Waals surface area contributed by atoms with Crippen molar-refractivity contribution >= 4 is 23.2 Å². The van der Waals surface area contributed by atoms with Crippen LogP contribution in [0.5, 0.6) is 5.75 Å². The molecular weight excluding hydrogens is 230 g/mol. The number of carbonyl (C=O) groups is 2. The monoisotopic (exact) mass is 244 g/mol. The van der Waals surface area contributed by atoms with Gasteiger partial charge in [0.1, 0.15) is 13.3 Å². The second kappa shape index (κ2) is 4.96. The highest BCUT2D eigenvalue weighted by atomic mass is 16.5. The van der Waals surface area contributed by atoms with Gasteiger partial charge >= 0.3 is 5.97 Å². The molecule has 1 heterocycles. The Labute approximate surface area is 105 Å². The Balaban J connectivity index is 2.67. The van der Waals surface area contributed by atoms with Gasteiger partial charge in [0.15, 0.2) is 5.69 Å². The van der Waals surface area contributed by atoms with Crippen LogP contribution < -0.4 is 9.30 Å². The number of rotatable bonds is 3. The van der Waals surface area contributed by atoms with Gasteiger partial charge in [-0.15, -0.1) is 0 Å². The maximum absolute atomic E-state index is 11.1. The van der Waals surface area contributed by atoms with Crippen molar-refractivity contribution in [3.05, 3.63) is 36.0 Å². The molecule has 4 heteroatoms. The summed E-state index contributed by atoms with van der Waals surface area (Å²) in [5, 5.41) is 0.964. The Bertz CT molecular complexity index is 620. The van der Waals surface area contributed by atoms with Gasteiger partial charge in [-0.25, -0.2) is 0 Å². The van der Waals surface area contributed by atoms with Gasteiger partial charge < -0.3 is 9.53 Å². The second-order valence-electron chi connectivity index (χ2n) is 4.04. The molecule has 18 heavy (non-hydrogen) atoms. The van der Waals surface area contributed by atoms with Crippen LogP contribution in [0.3, 0.4) is 0 Å². The van der Waals surface area contributed by atoms with Crippen molar-refractivity contribution < 1.29 is 18.9 Å². The Morgan fingerprint density at radius 1 is 1.33 bits per heavy atom. The van der Waals surface area contributed by atoms with Gasteiger partial charge in [-0.1, -0.05) is 6.07 Å². The summed E-state index contributed by atoms with van der Waals surface area (Å²) in [6.45, 7) is 1.37. The van der Waals surface area contributed by atoms with Crippen LogP contribution in [0, 0.1) is 0 Å². The van der Waals surface area contributed by atoms with E-state index < -0.39 is 0 Å². The summed E-state index contributed by atoms with van der Waals surface area (Å²) in [7, 11) is 1.86. The van der Waals surface area contributed by atoms with Gasteiger partial charge in [0.2, 0.25) is 5.75 Å². The molecule has 0 spiro atoms. The number of fused-ring (bicyclic) bond motifs is 1. The molecule has 0 saturated heterocycles. The summed E-state index contributed by atoms with van der Waals surface area (Å²) in [5.74, 6) is 0.151. The van der Waals surface area contributed by atoms with Crippen molar-refractivity contribution in [1.29, 1.82) is 0 Å². The number of para-hydroxylation sites is 1. The number of aldehydes is 1. The first-order valence-corrected chi connectivity index (χ1v) is 5.66. The predicted molar refractivity (Wildman–Crippen MR) is 66.2 cm³/mol. The van der Waals surface area contributed by atoms with Crippen LogP contribution in [0.4, 0.5) is 0 Å². The summed E-state index contributed by atoms with van der Waals surface area (Å²) >= 11 is 0. The lowest BCUT2D eigenvalue weighted by Gasteiger charge is -2.05. The van der Waals surface area contributed by atoms with E-state index >= 15 is 0 Å². The topological polar surface area (TPSA) is 47.3 Å². The highest BCUT2D eigenvalue weighted by molar-refractivity contribution is 5.84. The summed E-state index contributed by atoms with van der Waals surface area (Å²) in [5.41, 5.74) is 1.68. The lowest BCUT2D eigenvalue weighted by molar-refractivity contribution is -0.652. The zero-order chi connectivity index (χ0) is 13.1. The van der Waals surface area contributed by atoms with Crippen LogP contribution in [-0.4, -0.2) is 12.3 Å². The number of hydrogen-bond donors (Lipinski definition) is 0. The molecule has 0 aliphatic carbocycles. The highest BCUT2D eigenvalue weighted by Crippen LogP contribution is 2.22. The number of aromatic nitrogens is 1. The van der Waals surface area contributed by atoms with Crippen molar-refractivity contribution in [2.45, 2.75) is 13.3 Å². The highest BCUT2D eigenvalue weighted by Gasteiger charge is 2.17. The van der Waals surface area contributed by atoms with E-state index in [9.17, 15) is 9.59 Å². The van der Waals surface area contributed by atoms with E-state index in [1.165, 1.54) is 6.92 Å². The molecule has 2 aromatic rings. The summed E-state index contributed by atoms with van der Waals surface area (Å²) in [6.07, 6.45) is 1.19. The van der Waals surface area contributed by atoms with E-state index in [4.69, 9.17) is 4.74 Å². The molecule has 1 aromatic carbocycles. The molecule has 0 unspecified atom stereocenters. The maximum atomic E-state index is 11.1. The van der Waals surface area contributed by atoms with Crippen LogP contribution in [-0.2, 0) is 23.1 Å². The Morgan fingerprint density at radius 3 is 2.78 bits per heavy atom. The summed E-state index contributed by atoms with van der Waals surface area (Å²) < 4.78 is 7.07. The molecule has 0 aliphatic rings. The Morgan fingerprint density at radius 2 is 2.11 bits per heavy atom. The van der Waals surface area contributed by atoms with E-state index in [-0.39, 0.29) is 5.97 Å². The van der Waals surface area contributed by atoms with Crippen molar-refractivity contribution in [2.24, 2.45) is 7.05 Å². The second-order valence-corrected chi connectivity index (χ2v) is 4.04. The quantitative estimate of drug-likeness (QED) is 0.354. The van der Waals surface area contributed by atoms with Crippen molar-refractivity contribution in [1.82, 2.24) is 0 Å². The first kappa shape index (κ1) is 12.2.